The SMILES string of the molecule is O=C(O)C(F)(F)F.O=C1c2ccccc2C(=O)N1CC(F)=C1CCCNC1. The predicted octanol–water partition coefficient (Wildman–Crippen LogP) is 2.52. The van der Waals surface area contributed by atoms with E-state index in [2.05, 4.69) is 5.32 Å². The van der Waals surface area contributed by atoms with Crippen LogP contribution in [0.4, 0.5) is 17.6 Å². The first-order valence-corrected chi connectivity index (χ1v) is 7.95. The molecule has 0 aromatic heterocycles. The second kappa shape index (κ2) is 8.30. The van der Waals surface area contributed by atoms with Crippen LogP contribution in [-0.4, -0.2) is 53.6 Å². The molecule has 27 heavy (non-hydrogen) atoms. The summed E-state index contributed by atoms with van der Waals surface area (Å²) >= 11 is 0. The van der Waals surface area contributed by atoms with Gasteiger partial charge in [-0.3, -0.25) is 14.5 Å². The molecule has 2 N–H and O–H groups in total. The van der Waals surface area contributed by atoms with Crippen LogP contribution in [0, 0.1) is 0 Å². The molecule has 3 rings (SSSR count). The highest BCUT2D eigenvalue weighted by Crippen LogP contribution is 2.25. The molecule has 2 aliphatic rings. The first-order chi connectivity index (χ1) is 12.6. The van der Waals surface area contributed by atoms with Crippen molar-refractivity contribution in [2.24, 2.45) is 0 Å². The molecule has 0 radical (unpaired) electrons. The number of alkyl halides is 3. The molecule has 1 fully saturated rings. The summed E-state index contributed by atoms with van der Waals surface area (Å²) in [5.74, 6) is -3.95. The molecule has 146 valence electrons. The van der Waals surface area contributed by atoms with E-state index in [-0.39, 0.29) is 12.4 Å². The van der Waals surface area contributed by atoms with Crippen molar-refractivity contribution >= 4 is 17.8 Å². The predicted molar refractivity (Wildman–Crippen MR) is 85.7 cm³/mol. The highest BCUT2D eigenvalue weighted by atomic mass is 19.4. The Morgan fingerprint density at radius 3 is 2.07 bits per heavy atom. The van der Waals surface area contributed by atoms with E-state index in [1.165, 1.54) is 0 Å². The molecule has 0 spiro atoms. The van der Waals surface area contributed by atoms with E-state index in [0.717, 1.165) is 17.9 Å². The van der Waals surface area contributed by atoms with Gasteiger partial charge in [-0.15, -0.1) is 0 Å². The molecule has 0 aliphatic carbocycles. The summed E-state index contributed by atoms with van der Waals surface area (Å²) in [6.07, 6.45) is -3.52. The van der Waals surface area contributed by atoms with Crippen LogP contribution >= 0.6 is 0 Å². The third-order valence-corrected chi connectivity index (χ3v) is 3.97. The monoisotopic (exact) mass is 388 g/mol. The van der Waals surface area contributed by atoms with E-state index in [1.54, 1.807) is 24.3 Å². The molecule has 0 saturated carbocycles. The van der Waals surface area contributed by atoms with Crippen LogP contribution in [0.3, 0.4) is 0 Å². The average Bonchev–Trinajstić information content (AvgIpc) is 2.87. The number of hydrogen-bond acceptors (Lipinski definition) is 4. The number of fused-ring (bicyclic) bond motifs is 1. The van der Waals surface area contributed by atoms with Crippen molar-refractivity contribution in [3.05, 3.63) is 46.8 Å². The standard InChI is InChI=1S/C15H15FN2O2.C2HF3O2/c16-13(10-4-3-7-17-8-10)9-18-14(19)11-5-1-2-6-12(11)15(18)20;3-2(4,5)1(6)7/h1-2,5-6,17H,3-4,7-9H2;(H,6,7). The Labute approximate surface area is 151 Å². The number of amides is 2. The fourth-order valence-electron chi connectivity index (χ4n) is 2.62. The van der Waals surface area contributed by atoms with Gasteiger partial charge in [0, 0.05) is 6.54 Å². The molecule has 2 amide bonds. The van der Waals surface area contributed by atoms with Crippen molar-refractivity contribution in [3.63, 3.8) is 0 Å². The molecule has 0 bridgehead atoms. The molecular weight excluding hydrogens is 372 g/mol. The Morgan fingerprint density at radius 2 is 1.67 bits per heavy atom. The summed E-state index contributed by atoms with van der Waals surface area (Å²) in [7, 11) is 0. The van der Waals surface area contributed by atoms with Crippen LogP contribution in [0.15, 0.2) is 35.7 Å². The smallest absolute Gasteiger partial charge is 0.475 e. The number of nitrogens with one attached hydrogen (secondary N) is 1. The van der Waals surface area contributed by atoms with Gasteiger partial charge in [-0.2, -0.15) is 13.2 Å². The third kappa shape index (κ3) is 4.91. The van der Waals surface area contributed by atoms with Crippen molar-refractivity contribution in [2.45, 2.75) is 19.0 Å². The number of benzene rings is 1. The van der Waals surface area contributed by atoms with E-state index in [1.807, 2.05) is 0 Å². The number of carboxylic acid groups (broad SMARTS) is 1. The van der Waals surface area contributed by atoms with E-state index < -0.39 is 24.0 Å². The lowest BCUT2D eigenvalue weighted by Crippen LogP contribution is -2.32. The van der Waals surface area contributed by atoms with Gasteiger partial charge in [0.15, 0.2) is 0 Å². The number of carboxylic acids is 1. The minimum atomic E-state index is -5.08. The van der Waals surface area contributed by atoms with Gasteiger partial charge < -0.3 is 10.4 Å². The van der Waals surface area contributed by atoms with Gasteiger partial charge in [0.1, 0.15) is 5.83 Å². The maximum atomic E-state index is 14.2. The van der Waals surface area contributed by atoms with Crippen molar-refractivity contribution in [3.8, 4) is 0 Å². The summed E-state index contributed by atoms with van der Waals surface area (Å²) in [6.45, 7) is 1.11. The van der Waals surface area contributed by atoms with E-state index in [9.17, 15) is 27.2 Å². The minimum Gasteiger partial charge on any atom is -0.475 e. The number of hydrogen-bond donors (Lipinski definition) is 2. The fraction of sp³-hybridized carbons (Fsp3) is 0.353. The van der Waals surface area contributed by atoms with Crippen LogP contribution in [0.25, 0.3) is 0 Å². The number of piperidine rings is 1. The van der Waals surface area contributed by atoms with E-state index in [0.29, 0.717) is 29.7 Å². The zero-order valence-electron chi connectivity index (χ0n) is 14.0. The Balaban J connectivity index is 0.000000321. The Morgan fingerprint density at radius 1 is 1.15 bits per heavy atom. The van der Waals surface area contributed by atoms with Gasteiger partial charge in [0.25, 0.3) is 11.8 Å². The average molecular weight is 388 g/mol. The largest absolute Gasteiger partial charge is 0.490 e. The van der Waals surface area contributed by atoms with Crippen LogP contribution in [-0.2, 0) is 4.79 Å². The van der Waals surface area contributed by atoms with E-state index >= 15 is 0 Å². The molecule has 0 atom stereocenters. The highest BCUT2D eigenvalue weighted by Gasteiger charge is 2.38. The number of rotatable bonds is 2. The number of aliphatic carboxylic acids is 1. The Bertz CT molecular complexity index is 746. The van der Waals surface area contributed by atoms with Crippen molar-refractivity contribution in [1.29, 1.82) is 0 Å². The third-order valence-electron chi connectivity index (χ3n) is 3.97. The summed E-state index contributed by atoms with van der Waals surface area (Å²) in [6, 6.07) is 6.60. The number of carbonyl (C=O) groups is 3. The summed E-state index contributed by atoms with van der Waals surface area (Å²) in [5, 5.41) is 10.2. The van der Waals surface area contributed by atoms with Crippen LogP contribution < -0.4 is 5.32 Å². The minimum absolute atomic E-state index is 0.261. The molecule has 0 unspecified atom stereocenters. The van der Waals surface area contributed by atoms with Gasteiger partial charge in [-0.25, -0.2) is 9.18 Å². The number of carbonyl (C=O) groups excluding carboxylic acids is 2. The molecule has 6 nitrogen and oxygen atoms in total. The van der Waals surface area contributed by atoms with Crippen molar-refractivity contribution in [2.75, 3.05) is 19.6 Å². The molecular formula is C17H16F4N2O4. The van der Waals surface area contributed by atoms with Crippen molar-refractivity contribution in [1.82, 2.24) is 10.2 Å². The molecule has 1 aromatic rings. The van der Waals surface area contributed by atoms with Gasteiger partial charge >= 0.3 is 12.1 Å². The maximum Gasteiger partial charge on any atom is 0.490 e. The van der Waals surface area contributed by atoms with Gasteiger partial charge in [-0.05, 0) is 37.1 Å². The zero-order chi connectivity index (χ0) is 20.2. The normalized spacial score (nSPS) is 18.6. The Kier molecular flexibility index (Phi) is 6.32. The lowest BCUT2D eigenvalue weighted by Gasteiger charge is -2.19. The second-order valence-corrected chi connectivity index (χ2v) is 5.83. The second-order valence-electron chi connectivity index (χ2n) is 5.83. The van der Waals surface area contributed by atoms with Crippen LogP contribution in [0.2, 0.25) is 0 Å². The van der Waals surface area contributed by atoms with Crippen molar-refractivity contribution < 1.29 is 37.1 Å². The first kappa shape index (κ1) is 20.6. The molecule has 1 aromatic carbocycles. The fourth-order valence-corrected chi connectivity index (χ4v) is 2.62. The molecule has 1 saturated heterocycles. The lowest BCUT2D eigenvalue weighted by atomic mass is 10.1. The summed E-state index contributed by atoms with van der Waals surface area (Å²) in [4.78, 5) is 34.1. The molecule has 10 heteroatoms. The number of imide groups is 1. The number of halogens is 4. The zero-order valence-corrected chi connectivity index (χ0v) is 14.0. The molecule has 2 heterocycles. The van der Waals surface area contributed by atoms with Gasteiger partial charge in [0.2, 0.25) is 0 Å². The van der Waals surface area contributed by atoms with Gasteiger partial charge in [-0.1, -0.05) is 12.1 Å². The van der Waals surface area contributed by atoms with Crippen LogP contribution in [0.5, 0.6) is 0 Å². The van der Waals surface area contributed by atoms with E-state index in [4.69, 9.17) is 9.90 Å². The Hall–Kier alpha value is -2.75. The lowest BCUT2D eigenvalue weighted by molar-refractivity contribution is -0.192. The first-order valence-electron chi connectivity index (χ1n) is 7.95. The quantitative estimate of drug-likeness (QED) is 0.601. The topological polar surface area (TPSA) is 86.7 Å². The summed E-state index contributed by atoms with van der Waals surface area (Å²) < 4.78 is 45.9. The van der Waals surface area contributed by atoms with Crippen LogP contribution in [0.1, 0.15) is 33.6 Å². The van der Waals surface area contributed by atoms with Gasteiger partial charge in [0.05, 0.1) is 17.7 Å². The summed E-state index contributed by atoms with van der Waals surface area (Å²) in [5.41, 5.74) is 1.38. The number of nitrogens with zero attached hydrogens (tertiary/aromatic N) is 1. The highest BCUT2D eigenvalue weighted by molar-refractivity contribution is 6.21. The maximum absolute atomic E-state index is 14.2. The molecule has 2 aliphatic heterocycles.